The van der Waals surface area contributed by atoms with E-state index in [4.69, 9.17) is 14.2 Å². The van der Waals surface area contributed by atoms with Crippen LogP contribution in [0.5, 0.6) is 0 Å². The average molecular weight is 553 g/mol. The first-order valence-corrected chi connectivity index (χ1v) is 12.0. The van der Waals surface area contributed by atoms with Crippen LogP contribution in [0.4, 0.5) is 0 Å². The van der Waals surface area contributed by atoms with Gasteiger partial charge >= 0.3 is 0 Å². The van der Waals surface area contributed by atoms with Gasteiger partial charge in [0, 0.05) is 51.9 Å². The smallest absolute Gasteiger partial charge is 0.193 e. The minimum atomic E-state index is 0. The highest BCUT2D eigenvalue weighted by molar-refractivity contribution is 14.0. The SMILES string of the molecule is CN=C(NCC(C)(C)N1CC(C)OC(C)C1)N1CCC(OCC2CCCCO2)CC1.I. The molecule has 182 valence electrons. The third-order valence-corrected chi connectivity index (χ3v) is 6.70. The van der Waals surface area contributed by atoms with E-state index in [9.17, 15) is 0 Å². The Morgan fingerprint density at radius 1 is 1.10 bits per heavy atom. The van der Waals surface area contributed by atoms with Crippen LogP contribution >= 0.6 is 24.0 Å². The van der Waals surface area contributed by atoms with Crippen LogP contribution in [0.15, 0.2) is 4.99 Å². The number of hydrogen-bond donors (Lipinski definition) is 1. The molecule has 3 saturated heterocycles. The number of hydrogen-bond acceptors (Lipinski definition) is 5. The molecule has 0 saturated carbocycles. The molecular formula is C23H45IN4O3. The number of morpholine rings is 1. The van der Waals surface area contributed by atoms with Gasteiger partial charge in [0.1, 0.15) is 0 Å². The molecule has 3 heterocycles. The molecule has 3 aliphatic heterocycles. The second-order valence-corrected chi connectivity index (χ2v) is 9.88. The fourth-order valence-electron chi connectivity index (χ4n) is 4.83. The fourth-order valence-corrected chi connectivity index (χ4v) is 4.83. The lowest BCUT2D eigenvalue weighted by atomic mass is 10.00. The molecular weight excluding hydrogens is 507 g/mol. The van der Waals surface area contributed by atoms with Crippen LogP contribution in [0, 0.1) is 0 Å². The molecule has 0 aromatic carbocycles. The number of nitrogens with zero attached hydrogens (tertiary/aromatic N) is 3. The number of likely N-dealkylation sites (tertiary alicyclic amines) is 1. The average Bonchev–Trinajstić information content (AvgIpc) is 2.73. The van der Waals surface area contributed by atoms with E-state index >= 15 is 0 Å². The van der Waals surface area contributed by atoms with Gasteiger partial charge in [0.25, 0.3) is 0 Å². The van der Waals surface area contributed by atoms with Gasteiger partial charge in [-0.25, -0.2) is 0 Å². The maximum Gasteiger partial charge on any atom is 0.193 e. The number of ether oxygens (including phenoxy) is 3. The van der Waals surface area contributed by atoms with Crippen molar-refractivity contribution in [1.82, 2.24) is 15.1 Å². The monoisotopic (exact) mass is 552 g/mol. The highest BCUT2D eigenvalue weighted by Gasteiger charge is 2.34. The summed E-state index contributed by atoms with van der Waals surface area (Å²) in [5, 5.41) is 3.64. The molecule has 3 fully saturated rings. The Labute approximate surface area is 206 Å². The quantitative estimate of drug-likeness (QED) is 0.311. The number of rotatable bonds is 6. The number of piperidine rings is 1. The van der Waals surface area contributed by atoms with Crippen molar-refractivity contribution < 1.29 is 14.2 Å². The summed E-state index contributed by atoms with van der Waals surface area (Å²) in [6.07, 6.45) is 6.93. The fraction of sp³-hybridized carbons (Fsp3) is 0.957. The highest BCUT2D eigenvalue weighted by atomic mass is 127. The highest BCUT2D eigenvalue weighted by Crippen LogP contribution is 2.21. The number of halogens is 1. The van der Waals surface area contributed by atoms with Crippen LogP contribution in [-0.2, 0) is 14.2 Å². The Hall–Kier alpha value is -0.160. The molecule has 0 aromatic heterocycles. The van der Waals surface area contributed by atoms with Gasteiger partial charge < -0.3 is 24.4 Å². The normalized spacial score (nSPS) is 29.5. The molecule has 1 N–H and O–H groups in total. The topological polar surface area (TPSA) is 58.6 Å². The maximum atomic E-state index is 6.17. The van der Waals surface area contributed by atoms with Gasteiger partial charge in [-0.15, -0.1) is 24.0 Å². The van der Waals surface area contributed by atoms with Gasteiger partial charge in [-0.2, -0.15) is 0 Å². The summed E-state index contributed by atoms with van der Waals surface area (Å²) in [5.74, 6) is 1.01. The van der Waals surface area contributed by atoms with Crippen LogP contribution in [0.1, 0.15) is 59.8 Å². The third-order valence-electron chi connectivity index (χ3n) is 6.70. The summed E-state index contributed by atoms with van der Waals surface area (Å²) in [6, 6.07) is 0. The second-order valence-electron chi connectivity index (χ2n) is 9.88. The van der Waals surface area contributed by atoms with Crippen molar-refractivity contribution in [2.45, 2.75) is 89.8 Å². The van der Waals surface area contributed by atoms with E-state index in [0.717, 1.165) is 71.2 Å². The molecule has 0 spiro atoms. The molecule has 0 aliphatic carbocycles. The Morgan fingerprint density at radius 3 is 2.35 bits per heavy atom. The van der Waals surface area contributed by atoms with Crippen molar-refractivity contribution in [1.29, 1.82) is 0 Å². The molecule has 8 heteroatoms. The summed E-state index contributed by atoms with van der Waals surface area (Å²) in [5.41, 5.74) is 0.0453. The summed E-state index contributed by atoms with van der Waals surface area (Å²) in [6.45, 7) is 15.4. The van der Waals surface area contributed by atoms with E-state index in [0.29, 0.717) is 12.2 Å². The number of guanidine groups is 1. The van der Waals surface area contributed by atoms with Gasteiger partial charge in [-0.1, -0.05) is 0 Å². The zero-order valence-electron chi connectivity index (χ0n) is 20.3. The summed E-state index contributed by atoms with van der Waals surface area (Å²) in [7, 11) is 1.89. The van der Waals surface area contributed by atoms with Crippen LogP contribution in [0.2, 0.25) is 0 Å². The first-order valence-electron chi connectivity index (χ1n) is 12.0. The molecule has 3 unspecified atom stereocenters. The van der Waals surface area contributed by atoms with E-state index < -0.39 is 0 Å². The standard InChI is InChI=1S/C23H44N4O3.HI/c1-18-14-27(15-19(2)30-18)23(3,4)17-25-22(24-5)26-11-9-20(10-12-26)29-16-21-8-6-7-13-28-21;/h18-21H,6-17H2,1-5H3,(H,24,25);1H. The molecule has 3 rings (SSSR count). The van der Waals surface area contributed by atoms with Gasteiger partial charge in [-0.3, -0.25) is 9.89 Å². The summed E-state index contributed by atoms with van der Waals surface area (Å²) in [4.78, 5) is 9.48. The van der Waals surface area contributed by atoms with E-state index in [1.165, 1.54) is 12.8 Å². The lowest BCUT2D eigenvalue weighted by Crippen LogP contribution is -2.60. The molecule has 0 radical (unpaired) electrons. The first kappa shape index (κ1) is 27.1. The molecule has 0 aromatic rings. The van der Waals surface area contributed by atoms with E-state index in [1.807, 2.05) is 7.05 Å². The third kappa shape index (κ3) is 8.28. The zero-order valence-corrected chi connectivity index (χ0v) is 22.6. The Bertz CT molecular complexity index is 539. The van der Waals surface area contributed by atoms with Crippen LogP contribution in [0.3, 0.4) is 0 Å². The molecule has 3 atom stereocenters. The van der Waals surface area contributed by atoms with Crippen molar-refractivity contribution in [3.63, 3.8) is 0 Å². The van der Waals surface area contributed by atoms with Gasteiger partial charge in [-0.05, 0) is 59.8 Å². The maximum absolute atomic E-state index is 6.17. The van der Waals surface area contributed by atoms with E-state index in [2.05, 4.69) is 47.8 Å². The lowest BCUT2D eigenvalue weighted by molar-refractivity contribution is -0.0947. The van der Waals surface area contributed by atoms with Crippen molar-refractivity contribution in [2.24, 2.45) is 4.99 Å². The van der Waals surface area contributed by atoms with E-state index in [-0.39, 0.29) is 41.7 Å². The lowest BCUT2D eigenvalue weighted by Gasteiger charge is -2.45. The molecule has 0 amide bonds. The van der Waals surface area contributed by atoms with E-state index in [1.54, 1.807) is 0 Å². The number of nitrogens with one attached hydrogen (secondary N) is 1. The van der Waals surface area contributed by atoms with Gasteiger partial charge in [0.15, 0.2) is 5.96 Å². The van der Waals surface area contributed by atoms with Crippen molar-refractivity contribution in [2.75, 3.05) is 53.0 Å². The molecule has 7 nitrogen and oxygen atoms in total. The number of aliphatic imine (C=N–C) groups is 1. The van der Waals surface area contributed by atoms with Gasteiger partial charge in [0.05, 0.1) is 31.0 Å². The first-order chi connectivity index (χ1) is 14.4. The minimum absolute atomic E-state index is 0. The largest absolute Gasteiger partial charge is 0.376 e. The summed E-state index contributed by atoms with van der Waals surface area (Å²) < 4.78 is 17.9. The molecule has 31 heavy (non-hydrogen) atoms. The van der Waals surface area contributed by atoms with Crippen molar-refractivity contribution >= 4 is 29.9 Å². The minimum Gasteiger partial charge on any atom is -0.376 e. The van der Waals surface area contributed by atoms with Crippen LogP contribution in [0.25, 0.3) is 0 Å². The second kappa shape index (κ2) is 12.9. The Balaban J connectivity index is 0.00000341. The summed E-state index contributed by atoms with van der Waals surface area (Å²) >= 11 is 0. The van der Waals surface area contributed by atoms with Crippen molar-refractivity contribution in [3.8, 4) is 0 Å². The predicted molar refractivity (Wildman–Crippen MR) is 137 cm³/mol. The van der Waals surface area contributed by atoms with Crippen LogP contribution in [-0.4, -0.2) is 98.7 Å². The predicted octanol–water partition coefficient (Wildman–Crippen LogP) is 3.12. The molecule has 3 aliphatic rings. The van der Waals surface area contributed by atoms with Gasteiger partial charge in [0.2, 0.25) is 0 Å². The Kier molecular flexibility index (Phi) is 11.3. The van der Waals surface area contributed by atoms with Crippen molar-refractivity contribution in [3.05, 3.63) is 0 Å². The Morgan fingerprint density at radius 2 is 1.77 bits per heavy atom. The zero-order chi connectivity index (χ0) is 21.6. The van der Waals surface area contributed by atoms with Crippen LogP contribution < -0.4 is 5.32 Å². The molecule has 0 bridgehead atoms.